The Labute approximate surface area is 97.0 Å². The normalized spacial score (nSPS) is 9.64. The monoisotopic (exact) mass is 275 g/mol. The lowest BCUT2D eigenvalue weighted by molar-refractivity contribution is 0.416. The van der Waals surface area contributed by atoms with Crippen LogP contribution in [0.15, 0.2) is 34.3 Å². The first kappa shape index (κ1) is 11.4. The largest absolute Gasteiger partial charge is 0.495 e. The maximum atomic E-state index is 5.65. The Morgan fingerprint density at radius 2 is 2.36 bits per heavy atom. The van der Waals surface area contributed by atoms with Crippen LogP contribution in [0, 0.1) is 0 Å². The van der Waals surface area contributed by atoms with Gasteiger partial charge in [0.05, 0.1) is 19.3 Å². The Balaban J connectivity index is 2.82. The summed E-state index contributed by atoms with van der Waals surface area (Å²) in [6, 6.07) is 5.72. The van der Waals surface area contributed by atoms with E-state index in [9.17, 15) is 0 Å². The third-order valence-corrected chi connectivity index (χ3v) is 2.26. The van der Waals surface area contributed by atoms with Crippen molar-refractivity contribution < 1.29 is 4.74 Å². The number of nitrogens with one attached hydrogen (secondary N) is 1. The van der Waals surface area contributed by atoms with Gasteiger partial charge in [-0.05, 0) is 18.2 Å². The van der Waals surface area contributed by atoms with E-state index >= 15 is 0 Å². The van der Waals surface area contributed by atoms with Crippen LogP contribution in [0.3, 0.4) is 0 Å². The van der Waals surface area contributed by atoms with Crippen LogP contribution in [0.2, 0.25) is 0 Å². The number of anilines is 1. The van der Waals surface area contributed by atoms with Crippen LogP contribution in [0.25, 0.3) is 0 Å². The van der Waals surface area contributed by atoms with Gasteiger partial charge in [-0.15, -0.1) is 0 Å². The van der Waals surface area contributed by atoms with Gasteiger partial charge in [-0.2, -0.15) is 0 Å². The minimum atomic E-state index is 0.522. The average Bonchev–Trinajstić information content (AvgIpc) is 2.15. The Morgan fingerprint density at radius 1 is 1.64 bits per heavy atom. The van der Waals surface area contributed by atoms with E-state index in [-0.39, 0.29) is 0 Å². The Kier molecular flexibility index (Phi) is 4.29. The molecule has 0 amide bonds. The van der Waals surface area contributed by atoms with Gasteiger partial charge in [-0.1, -0.05) is 34.1 Å². The molecule has 1 aromatic rings. The van der Waals surface area contributed by atoms with Crippen LogP contribution in [-0.4, -0.2) is 13.7 Å². The van der Waals surface area contributed by atoms with E-state index < -0.39 is 0 Å². The maximum absolute atomic E-state index is 5.65. The highest BCUT2D eigenvalue weighted by Crippen LogP contribution is 2.27. The topological polar surface area (TPSA) is 21.3 Å². The number of hydrogen-bond donors (Lipinski definition) is 1. The molecule has 1 N–H and O–H groups in total. The lowest BCUT2D eigenvalue weighted by atomic mass is 10.3. The van der Waals surface area contributed by atoms with Crippen molar-refractivity contribution in [2.45, 2.75) is 0 Å². The van der Waals surface area contributed by atoms with E-state index in [1.54, 1.807) is 7.11 Å². The molecule has 2 nitrogen and oxygen atoms in total. The fourth-order valence-electron chi connectivity index (χ4n) is 1.01. The zero-order valence-corrected chi connectivity index (χ0v) is 10.2. The first-order chi connectivity index (χ1) is 6.63. The molecule has 0 unspecified atom stereocenters. The zero-order chi connectivity index (χ0) is 10.6. The zero-order valence-electron chi connectivity index (χ0n) is 7.81. The highest BCUT2D eigenvalue weighted by molar-refractivity contribution is 9.10. The van der Waals surface area contributed by atoms with Crippen LogP contribution in [0.1, 0.15) is 0 Å². The molecule has 1 aromatic carbocycles. The molecule has 1 rings (SSSR count). The van der Waals surface area contributed by atoms with Crippen LogP contribution >= 0.6 is 27.5 Å². The van der Waals surface area contributed by atoms with Gasteiger partial charge in [0.1, 0.15) is 5.75 Å². The summed E-state index contributed by atoms with van der Waals surface area (Å²) >= 11 is 9.04. The molecule has 0 atom stereocenters. The SMILES string of the molecule is C=C(Cl)CNc1cc(Br)ccc1OC. The Hall–Kier alpha value is -0.670. The molecule has 0 aromatic heterocycles. The van der Waals surface area contributed by atoms with Crippen LogP contribution in [0.5, 0.6) is 5.75 Å². The Bertz CT molecular complexity index is 341. The summed E-state index contributed by atoms with van der Waals surface area (Å²) in [4.78, 5) is 0. The van der Waals surface area contributed by atoms with E-state index in [1.807, 2.05) is 18.2 Å². The van der Waals surface area contributed by atoms with Crippen LogP contribution in [-0.2, 0) is 0 Å². The van der Waals surface area contributed by atoms with Gasteiger partial charge in [-0.25, -0.2) is 0 Å². The second-order valence-corrected chi connectivity index (χ2v) is 4.17. The van der Waals surface area contributed by atoms with Gasteiger partial charge in [0.2, 0.25) is 0 Å². The number of ether oxygens (including phenoxy) is 1. The molecule has 0 heterocycles. The van der Waals surface area contributed by atoms with Crippen molar-refractivity contribution in [1.82, 2.24) is 0 Å². The summed E-state index contributed by atoms with van der Waals surface area (Å²) < 4.78 is 6.16. The van der Waals surface area contributed by atoms with E-state index in [4.69, 9.17) is 16.3 Å². The summed E-state index contributed by atoms with van der Waals surface area (Å²) in [5.41, 5.74) is 0.892. The average molecular weight is 277 g/mol. The lowest BCUT2D eigenvalue weighted by Crippen LogP contribution is -2.02. The van der Waals surface area contributed by atoms with E-state index in [0.717, 1.165) is 15.9 Å². The second-order valence-electron chi connectivity index (χ2n) is 2.72. The highest BCUT2D eigenvalue weighted by atomic mass is 79.9. The number of hydrogen-bond acceptors (Lipinski definition) is 2. The van der Waals surface area contributed by atoms with Crippen molar-refractivity contribution in [1.29, 1.82) is 0 Å². The lowest BCUT2D eigenvalue weighted by Gasteiger charge is -2.10. The standard InChI is InChI=1S/C10H11BrClNO/c1-7(12)6-13-9-5-8(11)3-4-10(9)14-2/h3-5,13H,1,6H2,2H3. The van der Waals surface area contributed by atoms with Gasteiger partial charge in [0.15, 0.2) is 0 Å². The molecular formula is C10H11BrClNO. The van der Waals surface area contributed by atoms with E-state index in [2.05, 4.69) is 27.8 Å². The predicted molar refractivity (Wildman–Crippen MR) is 64.2 cm³/mol. The van der Waals surface area contributed by atoms with Gasteiger partial charge in [0.25, 0.3) is 0 Å². The molecule has 0 fully saturated rings. The third kappa shape index (κ3) is 3.24. The van der Waals surface area contributed by atoms with E-state index in [1.165, 1.54) is 0 Å². The summed E-state index contributed by atoms with van der Waals surface area (Å²) in [6.07, 6.45) is 0. The van der Waals surface area contributed by atoms with Crippen molar-refractivity contribution in [3.05, 3.63) is 34.3 Å². The van der Waals surface area contributed by atoms with Crippen molar-refractivity contribution in [2.24, 2.45) is 0 Å². The summed E-state index contributed by atoms with van der Waals surface area (Å²) in [5.74, 6) is 0.783. The van der Waals surface area contributed by atoms with Crippen molar-refractivity contribution in [2.75, 3.05) is 19.0 Å². The quantitative estimate of drug-likeness (QED) is 0.907. The van der Waals surface area contributed by atoms with Gasteiger partial charge in [0, 0.05) is 9.51 Å². The fraction of sp³-hybridized carbons (Fsp3) is 0.200. The minimum Gasteiger partial charge on any atom is -0.495 e. The van der Waals surface area contributed by atoms with Crippen LogP contribution < -0.4 is 10.1 Å². The molecule has 0 aliphatic heterocycles. The number of halogens is 2. The fourth-order valence-corrected chi connectivity index (χ4v) is 1.44. The number of rotatable bonds is 4. The maximum Gasteiger partial charge on any atom is 0.142 e. The molecule has 0 saturated heterocycles. The van der Waals surface area contributed by atoms with Crippen LogP contribution in [0.4, 0.5) is 5.69 Å². The first-order valence-electron chi connectivity index (χ1n) is 4.04. The molecular weight excluding hydrogens is 265 g/mol. The first-order valence-corrected chi connectivity index (χ1v) is 5.21. The molecule has 0 aliphatic carbocycles. The molecule has 0 saturated carbocycles. The van der Waals surface area contributed by atoms with Crippen molar-refractivity contribution in [3.8, 4) is 5.75 Å². The predicted octanol–water partition coefficient (Wildman–Crippen LogP) is 3.62. The summed E-state index contributed by atoms with van der Waals surface area (Å²) in [5, 5.41) is 3.68. The molecule has 76 valence electrons. The molecule has 14 heavy (non-hydrogen) atoms. The molecule has 4 heteroatoms. The van der Waals surface area contributed by atoms with Crippen molar-refractivity contribution in [3.63, 3.8) is 0 Å². The van der Waals surface area contributed by atoms with Gasteiger partial charge < -0.3 is 10.1 Å². The molecule has 0 radical (unpaired) electrons. The summed E-state index contributed by atoms with van der Waals surface area (Å²) in [7, 11) is 1.63. The highest BCUT2D eigenvalue weighted by Gasteiger charge is 2.02. The summed E-state index contributed by atoms with van der Waals surface area (Å²) in [6.45, 7) is 4.12. The number of benzene rings is 1. The third-order valence-electron chi connectivity index (χ3n) is 1.63. The second kappa shape index (κ2) is 5.27. The molecule has 0 bridgehead atoms. The van der Waals surface area contributed by atoms with Crippen molar-refractivity contribution >= 4 is 33.2 Å². The Morgan fingerprint density at radius 3 is 2.93 bits per heavy atom. The van der Waals surface area contributed by atoms with Gasteiger partial charge >= 0.3 is 0 Å². The molecule has 0 spiro atoms. The minimum absolute atomic E-state index is 0.522. The van der Waals surface area contributed by atoms with E-state index in [0.29, 0.717) is 11.6 Å². The molecule has 0 aliphatic rings. The number of methoxy groups -OCH3 is 1. The smallest absolute Gasteiger partial charge is 0.142 e. The van der Waals surface area contributed by atoms with Gasteiger partial charge in [-0.3, -0.25) is 0 Å².